The Morgan fingerprint density at radius 2 is 1.39 bits per heavy atom. The van der Waals surface area contributed by atoms with E-state index in [0.717, 1.165) is 0 Å². The number of hydrogen-bond acceptors (Lipinski definition) is 10. The summed E-state index contributed by atoms with van der Waals surface area (Å²) in [5, 5.41) is 77.1. The zero-order valence-electron chi connectivity index (χ0n) is 12.3. The van der Waals surface area contributed by atoms with Gasteiger partial charge in [-0.15, -0.1) is 0 Å². The lowest BCUT2D eigenvalue weighted by molar-refractivity contribution is -0.306. The molecule has 0 aromatic rings. The fourth-order valence-corrected chi connectivity index (χ4v) is 3.02. The predicted octanol–water partition coefficient (Wildman–Crippen LogP) is -4.73. The third kappa shape index (κ3) is 3.66. The highest BCUT2D eigenvalue weighted by Crippen LogP contribution is 2.32. The van der Waals surface area contributed by atoms with Crippen molar-refractivity contribution in [2.75, 3.05) is 13.2 Å². The molecule has 2 rings (SSSR count). The second-order valence-electron chi connectivity index (χ2n) is 5.99. The highest BCUT2D eigenvalue weighted by molar-refractivity contribution is 4.99. The van der Waals surface area contributed by atoms with Crippen LogP contribution in [0.25, 0.3) is 0 Å². The van der Waals surface area contributed by atoms with Gasteiger partial charge in [0.05, 0.1) is 31.5 Å². The summed E-state index contributed by atoms with van der Waals surface area (Å²) in [5.74, 6) is -1.09. The van der Waals surface area contributed by atoms with Crippen molar-refractivity contribution in [2.45, 2.75) is 61.5 Å². The van der Waals surface area contributed by atoms with Crippen LogP contribution in [0.3, 0.4) is 0 Å². The number of aliphatic hydroxyl groups is 8. The standard InChI is InChI=1S/C13H24O10/c14-2-4-8(17)10(19)11(20)12(21)13(4)23-7-1-5(16)9(18)6(3-15)22-7/h4-21H,1-3H2/t4?,5?,6?,7-,8?,9+,10-,11?,12?,13-/m1/s1. The van der Waals surface area contributed by atoms with Gasteiger partial charge in [-0.3, -0.25) is 0 Å². The van der Waals surface area contributed by atoms with E-state index in [2.05, 4.69) is 0 Å². The molecule has 1 saturated carbocycles. The Morgan fingerprint density at radius 3 is 1.96 bits per heavy atom. The molecular weight excluding hydrogens is 316 g/mol. The Labute approximate surface area is 132 Å². The number of hydrogen-bond donors (Lipinski definition) is 8. The van der Waals surface area contributed by atoms with Gasteiger partial charge >= 0.3 is 0 Å². The smallest absolute Gasteiger partial charge is 0.161 e. The summed E-state index contributed by atoms with van der Waals surface area (Å²) >= 11 is 0. The molecule has 1 saturated heterocycles. The molecule has 6 unspecified atom stereocenters. The van der Waals surface area contributed by atoms with Gasteiger partial charge < -0.3 is 50.3 Å². The second-order valence-corrected chi connectivity index (χ2v) is 5.99. The van der Waals surface area contributed by atoms with Crippen LogP contribution in [0.2, 0.25) is 0 Å². The van der Waals surface area contributed by atoms with E-state index in [1.54, 1.807) is 0 Å². The maximum Gasteiger partial charge on any atom is 0.161 e. The molecule has 1 aliphatic heterocycles. The monoisotopic (exact) mass is 340 g/mol. The van der Waals surface area contributed by atoms with Crippen molar-refractivity contribution in [3.05, 3.63) is 0 Å². The summed E-state index contributed by atoms with van der Waals surface area (Å²) in [5.41, 5.74) is 0. The number of aliphatic hydroxyl groups excluding tert-OH is 8. The second kappa shape index (κ2) is 7.66. The van der Waals surface area contributed by atoms with Gasteiger partial charge in [-0.1, -0.05) is 0 Å². The Hall–Kier alpha value is -0.400. The zero-order chi connectivity index (χ0) is 17.3. The first-order chi connectivity index (χ1) is 10.8. The van der Waals surface area contributed by atoms with E-state index in [0.29, 0.717) is 0 Å². The minimum absolute atomic E-state index is 0.173. The molecule has 1 heterocycles. The molecule has 8 N–H and O–H groups in total. The van der Waals surface area contributed by atoms with E-state index in [4.69, 9.17) is 14.6 Å². The lowest BCUT2D eigenvalue weighted by Gasteiger charge is -2.45. The van der Waals surface area contributed by atoms with Crippen LogP contribution in [0.1, 0.15) is 6.42 Å². The van der Waals surface area contributed by atoms with Gasteiger partial charge in [-0.05, 0) is 0 Å². The Bertz CT molecular complexity index is 382. The minimum Gasteiger partial charge on any atom is -0.396 e. The third-order valence-electron chi connectivity index (χ3n) is 4.48. The van der Waals surface area contributed by atoms with E-state index in [1.165, 1.54) is 0 Å². The summed E-state index contributed by atoms with van der Waals surface area (Å²) in [6.07, 6.45) is -12.7. The average Bonchev–Trinajstić information content (AvgIpc) is 2.54. The van der Waals surface area contributed by atoms with Crippen LogP contribution in [0.15, 0.2) is 0 Å². The van der Waals surface area contributed by atoms with Crippen LogP contribution < -0.4 is 0 Å². The molecule has 10 nitrogen and oxygen atoms in total. The minimum atomic E-state index is -1.69. The van der Waals surface area contributed by atoms with Crippen LogP contribution in [-0.2, 0) is 9.47 Å². The molecule has 10 atom stereocenters. The molecule has 0 radical (unpaired) electrons. The molecule has 0 bridgehead atoms. The molecule has 2 aliphatic rings. The SMILES string of the molecule is OCC1O[C@H](O[C@H]2C(O)C(O)[C@H](O)C(O)C2CO)CC(O)[C@@H]1O. The van der Waals surface area contributed by atoms with Crippen LogP contribution in [0, 0.1) is 5.92 Å². The molecule has 23 heavy (non-hydrogen) atoms. The van der Waals surface area contributed by atoms with Crippen molar-refractivity contribution in [3.8, 4) is 0 Å². The molecule has 0 amide bonds. The quantitative estimate of drug-likeness (QED) is 0.247. The lowest BCUT2D eigenvalue weighted by atomic mass is 9.78. The molecule has 0 aromatic carbocycles. The first-order valence-corrected chi connectivity index (χ1v) is 7.42. The van der Waals surface area contributed by atoms with Gasteiger partial charge in [0, 0.05) is 12.3 Å². The van der Waals surface area contributed by atoms with E-state index >= 15 is 0 Å². The van der Waals surface area contributed by atoms with Crippen molar-refractivity contribution in [1.29, 1.82) is 0 Å². The van der Waals surface area contributed by atoms with Crippen molar-refractivity contribution in [2.24, 2.45) is 5.92 Å². The van der Waals surface area contributed by atoms with Gasteiger partial charge in [-0.25, -0.2) is 0 Å². The molecule has 1 aliphatic carbocycles. The normalized spacial score (nSPS) is 51.7. The first-order valence-electron chi connectivity index (χ1n) is 7.42. The van der Waals surface area contributed by atoms with Crippen LogP contribution in [0.4, 0.5) is 0 Å². The maximum absolute atomic E-state index is 10.0. The fourth-order valence-electron chi connectivity index (χ4n) is 3.02. The van der Waals surface area contributed by atoms with E-state index in [9.17, 15) is 35.7 Å². The lowest BCUT2D eigenvalue weighted by Crippen LogP contribution is -2.64. The molecule has 0 spiro atoms. The van der Waals surface area contributed by atoms with Gasteiger partial charge in [0.2, 0.25) is 0 Å². The first kappa shape index (κ1) is 18.9. The summed E-state index contributed by atoms with van der Waals surface area (Å²) in [6.45, 7) is -1.20. The summed E-state index contributed by atoms with van der Waals surface area (Å²) in [7, 11) is 0. The van der Waals surface area contributed by atoms with Crippen LogP contribution in [0.5, 0.6) is 0 Å². The Morgan fingerprint density at radius 1 is 0.783 bits per heavy atom. The van der Waals surface area contributed by atoms with E-state index < -0.39 is 74.3 Å². The van der Waals surface area contributed by atoms with Crippen LogP contribution >= 0.6 is 0 Å². The largest absolute Gasteiger partial charge is 0.396 e. The van der Waals surface area contributed by atoms with E-state index in [-0.39, 0.29) is 6.42 Å². The fraction of sp³-hybridized carbons (Fsp3) is 1.00. The highest BCUT2D eigenvalue weighted by Gasteiger charge is 2.50. The third-order valence-corrected chi connectivity index (χ3v) is 4.48. The Balaban J connectivity index is 2.10. The topological polar surface area (TPSA) is 180 Å². The number of rotatable bonds is 4. The van der Waals surface area contributed by atoms with Crippen molar-refractivity contribution < 1.29 is 50.3 Å². The van der Waals surface area contributed by atoms with Crippen molar-refractivity contribution in [3.63, 3.8) is 0 Å². The van der Waals surface area contributed by atoms with Gasteiger partial charge in [0.15, 0.2) is 6.29 Å². The predicted molar refractivity (Wildman–Crippen MR) is 71.9 cm³/mol. The molecule has 10 heteroatoms. The highest BCUT2D eigenvalue weighted by atomic mass is 16.7. The van der Waals surface area contributed by atoms with Gasteiger partial charge in [0.25, 0.3) is 0 Å². The van der Waals surface area contributed by atoms with Crippen LogP contribution in [-0.4, -0.2) is 109 Å². The van der Waals surface area contributed by atoms with Crippen molar-refractivity contribution in [1.82, 2.24) is 0 Å². The van der Waals surface area contributed by atoms with E-state index in [1.807, 2.05) is 0 Å². The molecular formula is C13H24O10. The Kier molecular flexibility index (Phi) is 6.30. The average molecular weight is 340 g/mol. The van der Waals surface area contributed by atoms with Crippen molar-refractivity contribution >= 4 is 0 Å². The van der Waals surface area contributed by atoms with Gasteiger partial charge in [0.1, 0.15) is 30.5 Å². The maximum atomic E-state index is 10.0. The summed E-state index contributed by atoms with van der Waals surface area (Å²) in [6, 6.07) is 0. The molecule has 0 aromatic heterocycles. The zero-order valence-corrected chi connectivity index (χ0v) is 12.3. The summed E-state index contributed by atoms with van der Waals surface area (Å²) in [4.78, 5) is 0. The molecule has 136 valence electrons. The summed E-state index contributed by atoms with van der Waals surface area (Å²) < 4.78 is 10.7. The van der Waals surface area contributed by atoms with Gasteiger partial charge in [-0.2, -0.15) is 0 Å². The number of ether oxygens (including phenoxy) is 2. The molecule has 2 fully saturated rings.